The van der Waals surface area contributed by atoms with Crippen molar-refractivity contribution in [3.63, 3.8) is 0 Å². The maximum Gasteiger partial charge on any atom is 0.251 e. The van der Waals surface area contributed by atoms with Crippen molar-refractivity contribution in [2.45, 2.75) is 33.2 Å². The number of rotatable bonds is 5. The fraction of sp³-hybridized carbons (Fsp3) is 0.429. The van der Waals surface area contributed by atoms with E-state index in [0.717, 1.165) is 6.42 Å². The molecule has 98 valence electrons. The number of amides is 2. The molecule has 0 bridgehead atoms. The number of nitrogens with one attached hydrogen (secondary N) is 2. The molecule has 1 atom stereocenters. The van der Waals surface area contributed by atoms with Gasteiger partial charge in [0.15, 0.2) is 0 Å². The zero-order chi connectivity index (χ0) is 13.5. The smallest absolute Gasteiger partial charge is 0.251 e. The first-order valence-electron chi connectivity index (χ1n) is 6.26. The number of hydrogen-bond donors (Lipinski definition) is 2. The molecule has 1 aromatic rings. The molecule has 2 N–H and O–H groups in total. The van der Waals surface area contributed by atoms with Crippen LogP contribution in [0.1, 0.15) is 36.7 Å². The standard InChI is InChI=1S/C14H20N2O2/c1-4-11-6-8-12(9-7-11)14(18)16-10(3)13(17)15-5-2/h6-10H,4-5H2,1-3H3,(H,15,17)(H,16,18). The second-order valence-electron chi connectivity index (χ2n) is 4.14. The van der Waals surface area contributed by atoms with Gasteiger partial charge in [-0.15, -0.1) is 0 Å². The van der Waals surface area contributed by atoms with Crippen molar-refractivity contribution in [3.05, 3.63) is 35.4 Å². The second-order valence-corrected chi connectivity index (χ2v) is 4.14. The third-order valence-corrected chi connectivity index (χ3v) is 2.72. The molecule has 0 aliphatic carbocycles. The zero-order valence-corrected chi connectivity index (χ0v) is 11.1. The average molecular weight is 248 g/mol. The number of carbonyl (C=O) groups excluding carboxylic acids is 2. The van der Waals surface area contributed by atoms with Crippen molar-refractivity contribution in [2.75, 3.05) is 6.54 Å². The molecule has 4 heteroatoms. The van der Waals surface area contributed by atoms with Crippen molar-refractivity contribution >= 4 is 11.8 Å². The quantitative estimate of drug-likeness (QED) is 0.829. The average Bonchev–Trinajstić information content (AvgIpc) is 2.39. The van der Waals surface area contributed by atoms with E-state index in [9.17, 15) is 9.59 Å². The molecule has 0 saturated heterocycles. The third-order valence-electron chi connectivity index (χ3n) is 2.72. The predicted molar refractivity (Wildman–Crippen MR) is 71.4 cm³/mol. The molecule has 0 heterocycles. The van der Waals surface area contributed by atoms with Gasteiger partial charge < -0.3 is 10.6 Å². The van der Waals surface area contributed by atoms with Crippen molar-refractivity contribution < 1.29 is 9.59 Å². The Morgan fingerprint density at radius 3 is 2.28 bits per heavy atom. The van der Waals surface area contributed by atoms with Crippen molar-refractivity contribution in [3.8, 4) is 0 Å². The molecule has 0 aliphatic heterocycles. The lowest BCUT2D eigenvalue weighted by Gasteiger charge is -2.13. The van der Waals surface area contributed by atoms with Crippen LogP contribution in [-0.4, -0.2) is 24.4 Å². The Hall–Kier alpha value is -1.84. The summed E-state index contributed by atoms with van der Waals surface area (Å²) in [7, 11) is 0. The van der Waals surface area contributed by atoms with E-state index in [-0.39, 0.29) is 11.8 Å². The maximum atomic E-state index is 11.9. The Balaban J connectivity index is 2.61. The molecule has 4 nitrogen and oxygen atoms in total. The van der Waals surface area contributed by atoms with E-state index < -0.39 is 6.04 Å². The van der Waals surface area contributed by atoms with Gasteiger partial charge in [0.2, 0.25) is 5.91 Å². The lowest BCUT2D eigenvalue weighted by atomic mass is 10.1. The fourth-order valence-electron chi connectivity index (χ4n) is 1.56. The molecule has 0 fully saturated rings. The summed E-state index contributed by atoms with van der Waals surface area (Å²) < 4.78 is 0. The van der Waals surface area contributed by atoms with E-state index in [1.807, 2.05) is 19.1 Å². The Morgan fingerprint density at radius 1 is 1.17 bits per heavy atom. The van der Waals surface area contributed by atoms with Gasteiger partial charge in [0.1, 0.15) is 6.04 Å². The van der Waals surface area contributed by atoms with Crippen LogP contribution in [0.2, 0.25) is 0 Å². The Kier molecular flexibility index (Phi) is 5.36. The molecule has 0 radical (unpaired) electrons. The van der Waals surface area contributed by atoms with Crippen LogP contribution in [0.15, 0.2) is 24.3 Å². The molecule has 1 rings (SSSR count). The van der Waals surface area contributed by atoms with E-state index in [1.165, 1.54) is 5.56 Å². The number of benzene rings is 1. The van der Waals surface area contributed by atoms with Crippen molar-refractivity contribution in [1.29, 1.82) is 0 Å². The molecule has 2 amide bonds. The Morgan fingerprint density at radius 2 is 1.78 bits per heavy atom. The monoisotopic (exact) mass is 248 g/mol. The minimum Gasteiger partial charge on any atom is -0.355 e. The van der Waals surface area contributed by atoms with Crippen LogP contribution in [0, 0.1) is 0 Å². The van der Waals surface area contributed by atoms with Crippen LogP contribution >= 0.6 is 0 Å². The van der Waals surface area contributed by atoms with Gasteiger partial charge >= 0.3 is 0 Å². The number of carbonyl (C=O) groups is 2. The van der Waals surface area contributed by atoms with Gasteiger partial charge in [-0.3, -0.25) is 9.59 Å². The molecule has 0 saturated carbocycles. The van der Waals surface area contributed by atoms with Crippen LogP contribution in [0.3, 0.4) is 0 Å². The molecule has 0 aliphatic rings. The van der Waals surface area contributed by atoms with E-state index in [1.54, 1.807) is 19.1 Å². The molecule has 1 aromatic carbocycles. The summed E-state index contributed by atoms with van der Waals surface area (Å²) >= 11 is 0. The minimum absolute atomic E-state index is 0.170. The molecule has 0 spiro atoms. The number of aryl methyl sites for hydroxylation is 1. The normalized spacial score (nSPS) is 11.7. The largest absolute Gasteiger partial charge is 0.355 e. The highest BCUT2D eigenvalue weighted by Gasteiger charge is 2.15. The minimum atomic E-state index is -0.525. The molecular weight excluding hydrogens is 228 g/mol. The van der Waals surface area contributed by atoms with Crippen LogP contribution in [0.5, 0.6) is 0 Å². The summed E-state index contributed by atoms with van der Waals surface area (Å²) in [4.78, 5) is 23.4. The first-order chi connectivity index (χ1) is 8.58. The van der Waals surface area contributed by atoms with Crippen molar-refractivity contribution in [2.24, 2.45) is 0 Å². The predicted octanol–water partition coefficient (Wildman–Crippen LogP) is 1.50. The highest BCUT2D eigenvalue weighted by atomic mass is 16.2. The topological polar surface area (TPSA) is 58.2 Å². The molecule has 0 aromatic heterocycles. The van der Waals surface area contributed by atoms with Crippen LogP contribution < -0.4 is 10.6 Å². The maximum absolute atomic E-state index is 11.9. The van der Waals surface area contributed by atoms with Crippen LogP contribution in [0.4, 0.5) is 0 Å². The van der Waals surface area contributed by atoms with E-state index >= 15 is 0 Å². The van der Waals surface area contributed by atoms with E-state index in [4.69, 9.17) is 0 Å². The summed E-state index contributed by atoms with van der Waals surface area (Å²) in [5.74, 6) is -0.396. The molecule has 18 heavy (non-hydrogen) atoms. The highest BCUT2D eigenvalue weighted by Crippen LogP contribution is 2.05. The van der Waals surface area contributed by atoms with Gasteiger partial charge in [-0.2, -0.15) is 0 Å². The highest BCUT2D eigenvalue weighted by molar-refractivity contribution is 5.97. The van der Waals surface area contributed by atoms with E-state index in [0.29, 0.717) is 12.1 Å². The summed E-state index contributed by atoms with van der Waals surface area (Å²) in [5.41, 5.74) is 1.76. The first kappa shape index (κ1) is 14.2. The zero-order valence-electron chi connectivity index (χ0n) is 11.1. The van der Waals surface area contributed by atoms with Crippen LogP contribution in [0.25, 0.3) is 0 Å². The van der Waals surface area contributed by atoms with Gasteiger partial charge in [-0.05, 0) is 38.0 Å². The molecule has 1 unspecified atom stereocenters. The number of hydrogen-bond acceptors (Lipinski definition) is 2. The lowest BCUT2D eigenvalue weighted by molar-refractivity contribution is -0.122. The second kappa shape index (κ2) is 6.79. The lowest BCUT2D eigenvalue weighted by Crippen LogP contribution is -2.44. The Labute approximate surface area is 108 Å². The summed E-state index contributed by atoms with van der Waals surface area (Å²) in [6.45, 7) is 6.13. The fourth-order valence-corrected chi connectivity index (χ4v) is 1.56. The summed E-state index contributed by atoms with van der Waals surface area (Å²) in [6.07, 6.45) is 0.942. The number of likely N-dealkylation sites (N-methyl/N-ethyl adjacent to an activating group) is 1. The molecular formula is C14H20N2O2. The Bertz CT molecular complexity index is 412. The summed E-state index contributed by atoms with van der Waals surface area (Å²) in [5, 5.41) is 5.33. The van der Waals surface area contributed by atoms with E-state index in [2.05, 4.69) is 17.6 Å². The van der Waals surface area contributed by atoms with Gasteiger partial charge in [0, 0.05) is 12.1 Å². The SMILES string of the molecule is CCNC(=O)C(C)NC(=O)c1ccc(CC)cc1. The van der Waals surface area contributed by atoms with Gasteiger partial charge in [0.05, 0.1) is 0 Å². The van der Waals surface area contributed by atoms with Crippen LogP contribution in [-0.2, 0) is 11.2 Å². The van der Waals surface area contributed by atoms with Gasteiger partial charge in [-0.25, -0.2) is 0 Å². The van der Waals surface area contributed by atoms with Gasteiger partial charge in [0.25, 0.3) is 5.91 Å². The van der Waals surface area contributed by atoms with Gasteiger partial charge in [-0.1, -0.05) is 19.1 Å². The summed E-state index contributed by atoms with van der Waals surface area (Å²) in [6, 6.07) is 6.87. The van der Waals surface area contributed by atoms with Crippen molar-refractivity contribution in [1.82, 2.24) is 10.6 Å². The third kappa shape index (κ3) is 3.87. The first-order valence-corrected chi connectivity index (χ1v) is 6.26.